The molecule has 1 rings (SSSR count). The summed E-state index contributed by atoms with van der Waals surface area (Å²) >= 11 is 0. The van der Waals surface area contributed by atoms with Gasteiger partial charge in [-0.3, -0.25) is 4.79 Å². The third-order valence-corrected chi connectivity index (χ3v) is 4.61. The Kier molecular flexibility index (Phi) is 7.42. The lowest BCUT2D eigenvalue weighted by molar-refractivity contribution is -0.131. The van der Waals surface area contributed by atoms with E-state index in [1.165, 1.54) is 0 Å². The number of rotatable bonds is 8. The summed E-state index contributed by atoms with van der Waals surface area (Å²) in [5.74, 6) is -0.294. The highest BCUT2D eigenvalue weighted by Gasteiger charge is 2.23. The van der Waals surface area contributed by atoms with Gasteiger partial charge in [-0.05, 0) is 26.8 Å². The standard InChI is InChI=1S/C12H25N3O4S/c1-3-19-7-8-20(17,18)14-9-12(16)15-6-4-5-11(10-15)13-2/h11,13-14H,3-10H2,1-2H3. The molecule has 1 atom stereocenters. The van der Waals surface area contributed by atoms with Gasteiger partial charge < -0.3 is 15.0 Å². The highest BCUT2D eigenvalue weighted by Crippen LogP contribution is 2.09. The normalized spacial score (nSPS) is 20.1. The predicted octanol–water partition coefficient (Wildman–Crippen LogP) is -0.847. The number of likely N-dealkylation sites (tertiary alicyclic amines) is 1. The summed E-state index contributed by atoms with van der Waals surface area (Å²) in [6.45, 7) is 3.58. The zero-order valence-electron chi connectivity index (χ0n) is 12.2. The number of nitrogens with one attached hydrogen (secondary N) is 2. The van der Waals surface area contributed by atoms with E-state index in [1.807, 2.05) is 7.05 Å². The number of hydrogen-bond acceptors (Lipinski definition) is 5. The Hall–Kier alpha value is -0.700. The lowest BCUT2D eigenvalue weighted by Gasteiger charge is -2.32. The van der Waals surface area contributed by atoms with E-state index in [2.05, 4.69) is 10.0 Å². The fourth-order valence-electron chi connectivity index (χ4n) is 2.11. The summed E-state index contributed by atoms with van der Waals surface area (Å²) in [4.78, 5) is 13.7. The van der Waals surface area contributed by atoms with Crippen LogP contribution in [0.15, 0.2) is 0 Å². The van der Waals surface area contributed by atoms with Crippen molar-refractivity contribution >= 4 is 15.9 Å². The molecule has 2 N–H and O–H groups in total. The van der Waals surface area contributed by atoms with Crippen LogP contribution in [0.4, 0.5) is 0 Å². The molecule has 0 aromatic rings. The molecule has 1 heterocycles. The maximum Gasteiger partial charge on any atom is 0.237 e. The number of piperidine rings is 1. The molecule has 1 amide bonds. The Balaban J connectivity index is 2.34. The van der Waals surface area contributed by atoms with Crippen LogP contribution < -0.4 is 10.0 Å². The van der Waals surface area contributed by atoms with Crippen LogP contribution in [0.3, 0.4) is 0 Å². The maximum atomic E-state index is 12.0. The average molecular weight is 307 g/mol. The van der Waals surface area contributed by atoms with Crippen LogP contribution in [0.5, 0.6) is 0 Å². The van der Waals surface area contributed by atoms with Crippen molar-refractivity contribution in [3.05, 3.63) is 0 Å². The van der Waals surface area contributed by atoms with Crippen LogP contribution in [0.1, 0.15) is 19.8 Å². The van der Waals surface area contributed by atoms with Crippen molar-refractivity contribution < 1.29 is 17.9 Å². The second kappa shape index (κ2) is 8.56. The first kappa shape index (κ1) is 17.4. The molecule has 0 spiro atoms. The third-order valence-electron chi connectivity index (χ3n) is 3.33. The van der Waals surface area contributed by atoms with Crippen molar-refractivity contribution in [2.45, 2.75) is 25.8 Å². The van der Waals surface area contributed by atoms with E-state index in [4.69, 9.17) is 4.74 Å². The van der Waals surface area contributed by atoms with E-state index >= 15 is 0 Å². The van der Waals surface area contributed by atoms with E-state index < -0.39 is 10.0 Å². The summed E-state index contributed by atoms with van der Waals surface area (Å²) in [6.07, 6.45) is 1.98. The van der Waals surface area contributed by atoms with Gasteiger partial charge in [-0.15, -0.1) is 0 Å². The molecule has 20 heavy (non-hydrogen) atoms. The van der Waals surface area contributed by atoms with E-state index in [9.17, 15) is 13.2 Å². The topological polar surface area (TPSA) is 87.7 Å². The largest absolute Gasteiger partial charge is 0.381 e. The van der Waals surface area contributed by atoms with Gasteiger partial charge in [0, 0.05) is 25.7 Å². The van der Waals surface area contributed by atoms with Gasteiger partial charge in [-0.25, -0.2) is 13.1 Å². The molecule has 0 aromatic carbocycles. The van der Waals surface area contributed by atoms with Crippen molar-refractivity contribution in [3.8, 4) is 0 Å². The molecule has 1 unspecified atom stereocenters. The number of ether oxygens (including phenoxy) is 1. The molecule has 0 radical (unpaired) electrons. The molecule has 8 heteroatoms. The van der Waals surface area contributed by atoms with Crippen LogP contribution in [0, 0.1) is 0 Å². The molecular formula is C12H25N3O4S. The highest BCUT2D eigenvalue weighted by molar-refractivity contribution is 7.89. The SMILES string of the molecule is CCOCCS(=O)(=O)NCC(=O)N1CCCC(NC)C1. The number of likely N-dealkylation sites (N-methyl/N-ethyl adjacent to an activating group) is 1. The molecule has 1 aliphatic heterocycles. The first-order chi connectivity index (χ1) is 9.48. The van der Waals surface area contributed by atoms with Gasteiger partial charge in [-0.1, -0.05) is 0 Å². The van der Waals surface area contributed by atoms with Crippen molar-refractivity contribution in [3.63, 3.8) is 0 Å². The Bertz CT molecular complexity index is 400. The zero-order chi connectivity index (χ0) is 15.0. The fourth-order valence-corrected chi connectivity index (χ4v) is 2.93. The summed E-state index contributed by atoms with van der Waals surface area (Å²) in [7, 11) is -1.57. The summed E-state index contributed by atoms with van der Waals surface area (Å²) in [6, 6.07) is 0.294. The smallest absolute Gasteiger partial charge is 0.237 e. The van der Waals surface area contributed by atoms with Crippen molar-refractivity contribution in [1.82, 2.24) is 14.9 Å². The minimum Gasteiger partial charge on any atom is -0.381 e. The quantitative estimate of drug-likeness (QED) is 0.571. The van der Waals surface area contributed by atoms with Crippen LogP contribution in [0.2, 0.25) is 0 Å². The van der Waals surface area contributed by atoms with Crippen molar-refractivity contribution in [2.75, 3.05) is 45.6 Å². The summed E-state index contributed by atoms with van der Waals surface area (Å²) < 4.78 is 30.6. The Morgan fingerprint density at radius 3 is 2.85 bits per heavy atom. The molecule has 1 aliphatic rings. The van der Waals surface area contributed by atoms with Gasteiger partial charge in [0.1, 0.15) is 0 Å². The molecule has 118 valence electrons. The molecule has 0 aliphatic carbocycles. The number of carbonyl (C=O) groups excluding carboxylic acids is 1. The molecule has 1 saturated heterocycles. The summed E-state index contributed by atoms with van der Waals surface area (Å²) in [5.41, 5.74) is 0. The lowest BCUT2D eigenvalue weighted by Crippen LogP contribution is -2.50. The van der Waals surface area contributed by atoms with Gasteiger partial charge >= 0.3 is 0 Å². The third kappa shape index (κ3) is 6.17. The highest BCUT2D eigenvalue weighted by atomic mass is 32.2. The molecule has 0 saturated carbocycles. The number of nitrogens with zero attached hydrogens (tertiary/aromatic N) is 1. The number of amides is 1. The van der Waals surface area contributed by atoms with Gasteiger partial charge in [0.05, 0.1) is 18.9 Å². The van der Waals surface area contributed by atoms with Gasteiger partial charge in [-0.2, -0.15) is 0 Å². The van der Waals surface area contributed by atoms with Gasteiger partial charge in [0.2, 0.25) is 15.9 Å². The average Bonchev–Trinajstić information content (AvgIpc) is 2.45. The molecule has 0 aromatic heterocycles. The first-order valence-electron chi connectivity index (χ1n) is 6.98. The van der Waals surface area contributed by atoms with Crippen molar-refractivity contribution in [2.24, 2.45) is 0 Å². The molecule has 7 nitrogen and oxygen atoms in total. The number of carbonyl (C=O) groups is 1. The minimum absolute atomic E-state index is 0.118. The first-order valence-corrected chi connectivity index (χ1v) is 8.64. The second-order valence-electron chi connectivity index (χ2n) is 4.80. The minimum atomic E-state index is -3.44. The van der Waals surface area contributed by atoms with Gasteiger partial charge in [0.25, 0.3) is 0 Å². The van der Waals surface area contributed by atoms with Crippen LogP contribution >= 0.6 is 0 Å². The Morgan fingerprint density at radius 1 is 1.45 bits per heavy atom. The van der Waals surface area contributed by atoms with Crippen molar-refractivity contribution in [1.29, 1.82) is 0 Å². The molecular weight excluding hydrogens is 282 g/mol. The van der Waals surface area contributed by atoms with E-state index in [0.29, 0.717) is 25.7 Å². The van der Waals surface area contributed by atoms with Gasteiger partial charge in [0.15, 0.2) is 0 Å². The monoisotopic (exact) mass is 307 g/mol. The predicted molar refractivity (Wildman–Crippen MR) is 76.9 cm³/mol. The number of sulfonamides is 1. The maximum absolute atomic E-state index is 12.0. The molecule has 0 bridgehead atoms. The lowest BCUT2D eigenvalue weighted by atomic mass is 10.1. The molecule has 1 fully saturated rings. The van der Waals surface area contributed by atoms with E-state index in [-0.39, 0.29) is 24.8 Å². The van der Waals surface area contributed by atoms with Crippen LogP contribution in [-0.4, -0.2) is 70.9 Å². The zero-order valence-corrected chi connectivity index (χ0v) is 13.0. The fraction of sp³-hybridized carbons (Fsp3) is 0.917. The Labute approximate surface area is 121 Å². The Morgan fingerprint density at radius 2 is 2.20 bits per heavy atom. The van der Waals surface area contributed by atoms with Crippen LogP contribution in [-0.2, 0) is 19.6 Å². The number of hydrogen-bond donors (Lipinski definition) is 2. The second-order valence-corrected chi connectivity index (χ2v) is 6.73. The summed E-state index contributed by atoms with van der Waals surface area (Å²) in [5, 5.41) is 3.15. The van der Waals surface area contributed by atoms with E-state index in [0.717, 1.165) is 12.8 Å². The van der Waals surface area contributed by atoms with E-state index in [1.54, 1.807) is 11.8 Å². The van der Waals surface area contributed by atoms with Crippen LogP contribution in [0.25, 0.3) is 0 Å².